The number of likely N-dealkylation sites (tertiary alicyclic amines) is 1. The molecule has 74 valence electrons. The van der Waals surface area contributed by atoms with Crippen LogP contribution in [0.5, 0.6) is 0 Å². The molecule has 0 aromatic rings. The molecule has 2 nitrogen and oxygen atoms in total. The molecule has 0 amide bonds. The van der Waals surface area contributed by atoms with Gasteiger partial charge in [-0.1, -0.05) is 12.8 Å². The number of carbonyl (C=O) groups is 1. The second-order valence-electron chi connectivity index (χ2n) is 4.57. The van der Waals surface area contributed by atoms with E-state index in [1.807, 2.05) is 0 Å². The van der Waals surface area contributed by atoms with Gasteiger partial charge in [-0.3, -0.25) is 9.69 Å². The maximum absolute atomic E-state index is 11.0. The number of hydrogen-bond acceptors (Lipinski definition) is 2. The first kappa shape index (κ1) is 9.20. The Morgan fingerprint density at radius 2 is 2.08 bits per heavy atom. The van der Waals surface area contributed by atoms with Gasteiger partial charge < -0.3 is 0 Å². The number of hydrogen-bond donors (Lipinski definition) is 0. The van der Waals surface area contributed by atoms with E-state index in [-0.39, 0.29) is 0 Å². The molecule has 1 saturated carbocycles. The van der Waals surface area contributed by atoms with Crippen LogP contribution in [0.25, 0.3) is 0 Å². The van der Waals surface area contributed by atoms with Gasteiger partial charge in [-0.05, 0) is 38.6 Å². The minimum Gasteiger partial charge on any atom is -0.299 e. The lowest BCUT2D eigenvalue weighted by Gasteiger charge is -2.30. The summed E-state index contributed by atoms with van der Waals surface area (Å²) in [4.78, 5) is 13.4. The maximum atomic E-state index is 11.0. The highest BCUT2D eigenvalue weighted by molar-refractivity contribution is 5.77. The third-order valence-electron chi connectivity index (χ3n) is 3.55. The monoisotopic (exact) mass is 181 g/mol. The van der Waals surface area contributed by atoms with Gasteiger partial charge in [-0.25, -0.2) is 0 Å². The Hall–Kier alpha value is -0.370. The standard InChI is InChI=1S/C11H19NO/c1-9(13)8-12-7-6-10-4-2-3-5-11(10)12/h10-11H,2-8H2,1H3. The topological polar surface area (TPSA) is 20.3 Å². The Morgan fingerprint density at radius 1 is 1.31 bits per heavy atom. The van der Waals surface area contributed by atoms with Gasteiger partial charge in [0.05, 0.1) is 6.54 Å². The zero-order chi connectivity index (χ0) is 9.26. The SMILES string of the molecule is CC(=O)CN1CCC2CCCCC21. The second-order valence-corrected chi connectivity index (χ2v) is 4.57. The number of nitrogens with zero attached hydrogens (tertiary/aromatic N) is 1. The third kappa shape index (κ3) is 1.93. The van der Waals surface area contributed by atoms with E-state index >= 15 is 0 Å². The van der Waals surface area contributed by atoms with Gasteiger partial charge >= 0.3 is 0 Å². The molecule has 1 aliphatic heterocycles. The quantitative estimate of drug-likeness (QED) is 0.648. The molecule has 13 heavy (non-hydrogen) atoms. The van der Waals surface area contributed by atoms with Gasteiger partial charge in [0, 0.05) is 6.04 Å². The van der Waals surface area contributed by atoms with Gasteiger partial charge in [-0.2, -0.15) is 0 Å². The van der Waals surface area contributed by atoms with Crippen molar-refractivity contribution in [1.82, 2.24) is 4.90 Å². The Kier molecular flexibility index (Phi) is 2.68. The summed E-state index contributed by atoms with van der Waals surface area (Å²) in [5.41, 5.74) is 0. The van der Waals surface area contributed by atoms with Crippen molar-refractivity contribution in [1.29, 1.82) is 0 Å². The summed E-state index contributed by atoms with van der Waals surface area (Å²) in [5.74, 6) is 1.24. The van der Waals surface area contributed by atoms with Crippen LogP contribution in [0.2, 0.25) is 0 Å². The highest BCUT2D eigenvalue weighted by atomic mass is 16.1. The molecule has 2 fully saturated rings. The van der Waals surface area contributed by atoms with E-state index in [1.165, 1.54) is 32.1 Å². The zero-order valence-corrected chi connectivity index (χ0v) is 8.46. The van der Waals surface area contributed by atoms with E-state index in [9.17, 15) is 4.79 Å². The maximum Gasteiger partial charge on any atom is 0.143 e. The van der Waals surface area contributed by atoms with Crippen molar-refractivity contribution in [3.05, 3.63) is 0 Å². The predicted molar refractivity (Wildman–Crippen MR) is 52.6 cm³/mol. The number of carbonyl (C=O) groups excluding carboxylic acids is 1. The molecule has 1 aliphatic carbocycles. The van der Waals surface area contributed by atoms with Crippen LogP contribution in [-0.2, 0) is 4.79 Å². The summed E-state index contributed by atoms with van der Waals surface area (Å²) in [7, 11) is 0. The van der Waals surface area contributed by atoms with Crippen LogP contribution < -0.4 is 0 Å². The van der Waals surface area contributed by atoms with Crippen LogP contribution in [0, 0.1) is 5.92 Å². The van der Waals surface area contributed by atoms with Crippen molar-refractivity contribution in [2.24, 2.45) is 5.92 Å². The molecule has 2 atom stereocenters. The fraction of sp³-hybridized carbons (Fsp3) is 0.909. The molecule has 0 aromatic carbocycles. The lowest BCUT2D eigenvalue weighted by Crippen LogP contribution is -2.37. The Labute approximate surface area is 80.3 Å². The van der Waals surface area contributed by atoms with Crippen molar-refractivity contribution >= 4 is 5.78 Å². The molecule has 0 radical (unpaired) electrons. The lowest BCUT2D eigenvalue weighted by molar-refractivity contribution is -0.118. The molecule has 2 unspecified atom stereocenters. The Balaban J connectivity index is 1.94. The normalized spacial score (nSPS) is 34.5. The highest BCUT2D eigenvalue weighted by Gasteiger charge is 2.35. The molecular formula is C11H19NO. The van der Waals surface area contributed by atoms with Crippen LogP contribution in [0.3, 0.4) is 0 Å². The summed E-state index contributed by atoms with van der Waals surface area (Å²) in [6.07, 6.45) is 6.85. The predicted octanol–water partition coefficient (Wildman–Crippen LogP) is 1.84. The molecule has 2 aliphatic rings. The minimum absolute atomic E-state index is 0.325. The van der Waals surface area contributed by atoms with E-state index < -0.39 is 0 Å². The van der Waals surface area contributed by atoms with Crippen molar-refractivity contribution in [2.75, 3.05) is 13.1 Å². The fourth-order valence-corrected chi connectivity index (χ4v) is 2.99. The van der Waals surface area contributed by atoms with Gasteiger partial charge in [0.1, 0.15) is 5.78 Å². The average Bonchev–Trinajstić information content (AvgIpc) is 2.48. The average molecular weight is 181 g/mol. The van der Waals surface area contributed by atoms with Gasteiger partial charge in [0.2, 0.25) is 0 Å². The number of Topliss-reactive ketones (excluding diaryl/α,β-unsaturated/α-hetero) is 1. The van der Waals surface area contributed by atoms with E-state index in [1.54, 1.807) is 6.92 Å². The number of ketones is 1. The largest absolute Gasteiger partial charge is 0.299 e. The lowest BCUT2D eigenvalue weighted by atomic mass is 9.85. The summed E-state index contributed by atoms with van der Waals surface area (Å²) in [5, 5.41) is 0. The van der Waals surface area contributed by atoms with Gasteiger partial charge in [0.15, 0.2) is 0 Å². The first-order valence-corrected chi connectivity index (χ1v) is 5.51. The molecule has 2 rings (SSSR count). The van der Waals surface area contributed by atoms with Crippen LogP contribution >= 0.6 is 0 Å². The Morgan fingerprint density at radius 3 is 2.85 bits per heavy atom. The summed E-state index contributed by atoms with van der Waals surface area (Å²) >= 11 is 0. The molecule has 1 heterocycles. The zero-order valence-electron chi connectivity index (χ0n) is 8.46. The summed E-state index contributed by atoms with van der Waals surface area (Å²) in [6.45, 7) is 3.56. The van der Waals surface area contributed by atoms with E-state index in [4.69, 9.17) is 0 Å². The van der Waals surface area contributed by atoms with Gasteiger partial charge in [-0.15, -0.1) is 0 Å². The minimum atomic E-state index is 0.325. The summed E-state index contributed by atoms with van der Waals surface area (Å²) in [6, 6.07) is 0.748. The molecule has 0 aromatic heterocycles. The summed E-state index contributed by atoms with van der Waals surface area (Å²) < 4.78 is 0. The number of fused-ring (bicyclic) bond motifs is 1. The van der Waals surface area contributed by atoms with Crippen LogP contribution in [0.4, 0.5) is 0 Å². The third-order valence-corrected chi connectivity index (χ3v) is 3.55. The fourth-order valence-electron chi connectivity index (χ4n) is 2.99. The number of rotatable bonds is 2. The smallest absolute Gasteiger partial charge is 0.143 e. The van der Waals surface area contributed by atoms with Crippen molar-refractivity contribution in [3.8, 4) is 0 Å². The molecule has 1 saturated heterocycles. The van der Waals surface area contributed by atoms with Crippen LogP contribution in [0.15, 0.2) is 0 Å². The Bertz CT molecular complexity index is 202. The van der Waals surface area contributed by atoms with Crippen molar-refractivity contribution in [3.63, 3.8) is 0 Å². The molecule has 0 bridgehead atoms. The second kappa shape index (κ2) is 3.79. The van der Waals surface area contributed by atoms with E-state index in [0.29, 0.717) is 12.3 Å². The first-order valence-electron chi connectivity index (χ1n) is 5.51. The highest BCUT2D eigenvalue weighted by Crippen LogP contribution is 2.35. The van der Waals surface area contributed by atoms with Crippen LogP contribution in [0.1, 0.15) is 39.0 Å². The van der Waals surface area contributed by atoms with Crippen molar-refractivity contribution in [2.45, 2.75) is 45.1 Å². The molecule has 0 N–H and O–H groups in total. The van der Waals surface area contributed by atoms with Gasteiger partial charge in [0.25, 0.3) is 0 Å². The first-order chi connectivity index (χ1) is 6.27. The van der Waals surface area contributed by atoms with E-state index in [2.05, 4.69) is 4.90 Å². The molecule has 0 spiro atoms. The molecule has 2 heteroatoms. The van der Waals surface area contributed by atoms with Crippen LogP contribution in [-0.4, -0.2) is 29.8 Å². The van der Waals surface area contributed by atoms with Crippen molar-refractivity contribution < 1.29 is 4.79 Å². The van der Waals surface area contributed by atoms with E-state index in [0.717, 1.165) is 18.5 Å². The molecular weight excluding hydrogens is 162 g/mol.